The third-order valence-electron chi connectivity index (χ3n) is 4.37. The molecule has 0 radical (unpaired) electrons. The van der Waals surface area contributed by atoms with Gasteiger partial charge in [0.15, 0.2) is 22.5 Å². The maximum atomic E-state index is 12.2. The third kappa shape index (κ3) is 4.98. The number of fused-ring (bicyclic) bond motifs is 1. The summed E-state index contributed by atoms with van der Waals surface area (Å²) in [5, 5.41) is 12.5. The van der Waals surface area contributed by atoms with Crippen LogP contribution in [0, 0.1) is 0 Å². The van der Waals surface area contributed by atoms with Crippen molar-refractivity contribution < 1.29 is 19.0 Å². The fourth-order valence-electron chi connectivity index (χ4n) is 2.71. The van der Waals surface area contributed by atoms with Crippen LogP contribution in [0.3, 0.4) is 0 Å². The average molecular weight is 447 g/mol. The first-order valence-electron chi connectivity index (χ1n) is 9.13. The molecule has 2 heterocycles. The zero-order valence-corrected chi connectivity index (χ0v) is 17.7. The quantitative estimate of drug-likeness (QED) is 0.531. The highest BCUT2D eigenvalue weighted by Crippen LogP contribution is 2.32. The summed E-state index contributed by atoms with van der Waals surface area (Å²) in [6, 6.07) is 12.7. The molecule has 3 aromatic rings. The van der Waals surface area contributed by atoms with E-state index < -0.39 is 0 Å². The molecule has 0 bridgehead atoms. The molecule has 156 valence electrons. The molecule has 0 aliphatic carbocycles. The molecule has 4 rings (SSSR count). The van der Waals surface area contributed by atoms with E-state index in [1.165, 1.54) is 11.8 Å². The van der Waals surface area contributed by atoms with Gasteiger partial charge in [-0.2, -0.15) is 0 Å². The van der Waals surface area contributed by atoms with Gasteiger partial charge in [0, 0.05) is 18.6 Å². The van der Waals surface area contributed by atoms with Gasteiger partial charge in [-0.15, -0.1) is 10.2 Å². The van der Waals surface area contributed by atoms with Crippen LogP contribution in [-0.4, -0.2) is 33.2 Å². The van der Waals surface area contributed by atoms with E-state index in [2.05, 4.69) is 15.5 Å². The fourth-order valence-corrected chi connectivity index (χ4v) is 3.59. The van der Waals surface area contributed by atoms with Crippen LogP contribution >= 0.6 is 23.4 Å². The van der Waals surface area contributed by atoms with Crippen molar-refractivity contribution in [3.63, 3.8) is 0 Å². The van der Waals surface area contributed by atoms with Crippen molar-refractivity contribution in [2.45, 2.75) is 18.3 Å². The van der Waals surface area contributed by atoms with Crippen molar-refractivity contribution in [3.05, 3.63) is 58.9 Å². The first kappa shape index (κ1) is 20.4. The minimum absolute atomic E-state index is 0.0976. The number of hydrogen-bond donors (Lipinski definition) is 1. The van der Waals surface area contributed by atoms with E-state index in [1.807, 2.05) is 29.8 Å². The predicted molar refractivity (Wildman–Crippen MR) is 112 cm³/mol. The minimum Gasteiger partial charge on any atom is -0.486 e. The standard InChI is InChI=1S/C20H19ClN4O4S/c1-25-18(10-27-15-5-3-14(21)4-6-15)23-24-20(25)30-11-19(26)22-9-13-2-7-16-17(8-13)29-12-28-16/h2-8H,9-12H2,1H3,(H,22,26). The lowest BCUT2D eigenvalue weighted by atomic mass is 10.2. The number of rotatable bonds is 8. The molecule has 0 unspecified atom stereocenters. The summed E-state index contributed by atoms with van der Waals surface area (Å²) in [5.74, 6) is 2.91. The number of hydrogen-bond acceptors (Lipinski definition) is 7. The monoisotopic (exact) mass is 446 g/mol. The maximum absolute atomic E-state index is 12.2. The summed E-state index contributed by atoms with van der Waals surface area (Å²) in [7, 11) is 1.84. The Labute approximate surface area is 182 Å². The minimum atomic E-state index is -0.0976. The Bertz CT molecular complexity index is 1040. The van der Waals surface area contributed by atoms with Gasteiger partial charge in [0.2, 0.25) is 12.7 Å². The van der Waals surface area contributed by atoms with Gasteiger partial charge in [-0.25, -0.2) is 0 Å². The lowest BCUT2D eigenvalue weighted by molar-refractivity contribution is -0.118. The Balaban J connectivity index is 1.24. The number of carbonyl (C=O) groups is 1. The molecule has 1 N–H and O–H groups in total. The van der Waals surface area contributed by atoms with Crippen LogP contribution < -0.4 is 19.5 Å². The maximum Gasteiger partial charge on any atom is 0.231 e. The molecule has 0 spiro atoms. The van der Waals surface area contributed by atoms with Crippen molar-refractivity contribution in [2.24, 2.45) is 7.05 Å². The zero-order valence-electron chi connectivity index (χ0n) is 16.1. The van der Waals surface area contributed by atoms with Crippen molar-refractivity contribution >= 4 is 29.3 Å². The van der Waals surface area contributed by atoms with Crippen LogP contribution in [0.5, 0.6) is 17.2 Å². The van der Waals surface area contributed by atoms with Crippen molar-refractivity contribution in [2.75, 3.05) is 12.5 Å². The number of carbonyl (C=O) groups excluding carboxylic acids is 1. The number of thioether (sulfide) groups is 1. The lowest BCUT2D eigenvalue weighted by Gasteiger charge is -2.07. The van der Waals surface area contributed by atoms with Gasteiger partial charge < -0.3 is 24.1 Å². The molecule has 0 saturated heterocycles. The molecule has 30 heavy (non-hydrogen) atoms. The molecule has 0 fully saturated rings. The van der Waals surface area contributed by atoms with Crippen molar-refractivity contribution in [3.8, 4) is 17.2 Å². The highest BCUT2D eigenvalue weighted by Gasteiger charge is 2.14. The number of aromatic nitrogens is 3. The van der Waals surface area contributed by atoms with Gasteiger partial charge in [0.25, 0.3) is 0 Å². The second-order valence-electron chi connectivity index (χ2n) is 6.45. The molecule has 8 nitrogen and oxygen atoms in total. The van der Waals surface area contributed by atoms with Gasteiger partial charge in [-0.1, -0.05) is 29.4 Å². The summed E-state index contributed by atoms with van der Waals surface area (Å²) < 4.78 is 18.1. The number of halogens is 1. The Hall–Kier alpha value is -2.91. The normalized spacial score (nSPS) is 12.1. The van der Waals surface area contributed by atoms with E-state index >= 15 is 0 Å². The summed E-state index contributed by atoms with van der Waals surface area (Å²) >= 11 is 7.18. The van der Waals surface area contributed by atoms with E-state index in [0.717, 1.165) is 11.3 Å². The van der Waals surface area contributed by atoms with Gasteiger partial charge in [0.05, 0.1) is 5.75 Å². The molecule has 10 heteroatoms. The molecule has 1 aliphatic heterocycles. The fraction of sp³-hybridized carbons (Fsp3) is 0.250. The highest BCUT2D eigenvalue weighted by atomic mass is 35.5. The number of nitrogens with one attached hydrogen (secondary N) is 1. The average Bonchev–Trinajstić information content (AvgIpc) is 3.36. The highest BCUT2D eigenvalue weighted by molar-refractivity contribution is 7.99. The van der Waals surface area contributed by atoms with E-state index in [9.17, 15) is 4.79 Å². The lowest BCUT2D eigenvalue weighted by Crippen LogP contribution is -2.24. The van der Waals surface area contributed by atoms with Crippen molar-refractivity contribution in [1.29, 1.82) is 0 Å². The van der Waals surface area contributed by atoms with Crippen LogP contribution in [0.15, 0.2) is 47.6 Å². The predicted octanol–water partition coefficient (Wildman–Crippen LogP) is 3.18. The van der Waals surface area contributed by atoms with Crippen LogP contribution in [0.1, 0.15) is 11.4 Å². The summed E-state index contributed by atoms with van der Waals surface area (Å²) in [6.45, 7) is 0.906. The number of ether oxygens (including phenoxy) is 3. The van der Waals surface area contributed by atoms with E-state index in [-0.39, 0.29) is 25.1 Å². The molecular weight excluding hydrogens is 428 g/mol. The van der Waals surface area contributed by atoms with E-state index in [4.69, 9.17) is 25.8 Å². The molecule has 1 aliphatic rings. The van der Waals surface area contributed by atoms with Gasteiger partial charge >= 0.3 is 0 Å². The molecule has 1 aromatic heterocycles. The number of nitrogens with zero attached hydrogens (tertiary/aromatic N) is 3. The Morgan fingerprint density at radius 3 is 2.83 bits per heavy atom. The zero-order chi connectivity index (χ0) is 20.9. The summed E-state index contributed by atoms with van der Waals surface area (Å²) in [4.78, 5) is 12.2. The first-order chi connectivity index (χ1) is 14.6. The molecule has 0 atom stereocenters. The van der Waals surface area contributed by atoms with Crippen LogP contribution in [-0.2, 0) is 25.0 Å². The summed E-state index contributed by atoms with van der Waals surface area (Å²) in [5.41, 5.74) is 0.942. The molecule has 2 aromatic carbocycles. The van der Waals surface area contributed by atoms with Gasteiger partial charge in [0.1, 0.15) is 12.4 Å². The topological polar surface area (TPSA) is 87.5 Å². The van der Waals surface area contributed by atoms with Crippen molar-refractivity contribution in [1.82, 2.24) is 20.1 Å². The van der Waals surface area contributed by atoms with E-state index in [1.54, 1.807) is 24.3 Å². The third-order valence-corrected chi connectivity index (χ3v) is 5.64. The van der Waals surface area contributed by atoms with Crippen LogP contribution in [0.2, 0.25) is 5.02 Å². The second-order valence-corrected chi connectivity index (χ2v) is 7.83. The summed E-state index contributed by atoms with van der Waals surface area (Å²) in [6.07, 6.45) is 0. The van der Waals surface area contributed by atoms with Gasteiger partial charge in [-0.05, 0) is 42.0 Å². The number of benzene rings is 2. The van der Waals surface area contributed by atoms with E-state index in [0.29, 0.717) is 34.0 Å². The SMILES string of the molecule is Cn1c(COc2ccc(Cl)cc2)nnc1SCC(=O)NCc1ccc2c(c1)OCO2. The molecule has 1 amide bonds. The molecular formula is C20H19ClN4O4S. The van der Waals surface area contributed by atoms with Crippen LogP contribution in [0.4, 0.5) is 0 Å². The smallest absolute Gasteiger partial charge is 0.231 e. The Kier molecular flexibility index (Phi) is 6.29. The molecule has 0 saturated carbocycles. The number of amides is 1. The van der Waals surface area contributed by atoms with Crippen LogP contribution in [0.25, 0.3) is 0 Å². The van der Waals surface area contributed by atoms with Gasteiger partial charge in [-0.3, -0.25) is 4.79 Å². The second kappa shape index (κ2) is 9.27. The Morgan fingerprint density at radius 1 is 1.20 bits per heavy atom. The first-order valence-corrected chi connectivity index (χ1v) is 10.5. The Morgan fingerprint density at radius 2 is 2.00 bits per heavy atom. The largest absolute Gasteiger partial charge is 0.486 e.